The van der Waals surface area contributed by atoms with E-state index >= 15 is 0 Å². The van der Waals surface area contributed by atoms with E-state index in [1.807, 2.05) is 48.6 Å². The number of esters is 1. The zero-order valence-electron chi connectivity index (χ0n) is 20.4. The number of thioether (sulfide) groups is 1. The average molecular weight is 513 g/mol. The van der Waals surface area contributed by atoms with E-state index in [-0.39, 0.29) is 36.2 Å². The molecule has 1 spiro atoms. The van der Waals surface area contributed by atoms with Crippen molar-refractivity contribution in [3.63, 3.8) is 0 Å². The highest BCUT2D eigenvalue weighted by Crippen LogP contribution is 2.61. The molecule has 5 atom stereocenters. The molecule has 192 valence electrons. The summed E-state index contributed by atoms with van der Waals surface area (Å²) in [7, 11) is 1.60. The van der Waals surface area contributed by atoms with Gasteiger partial charge in [-0.2, -0.15) is 0 Å². The fourth-order valence-electron chi connectivity index (χ4n) is 5.95. The summed E-state index contributed by atoms with van der Waals surface area (Å²) in [6.07, 6.45) is 10.9. The highest BCUT2D eigenvalue weighted by atomic mass is 32.2. The maximum absolute atomic E-state index is 14.2. The largest absolute Gasteiger partial charge is 0.497 e. The number of anilines is 1. The summed E-state index contributed by atoms with van der Waals surface area (Å²) in [5, 5.41) is 8.88. The molecule has 1 aromatic carbocycles. The van der Waals surface area contributed by atoms with Crippen LogP contribution in [0.5, 0.6) is 5.75 Å². The number of aliphatic hydroxyl groups excluding tert-OH is 1. The van der Waals surface area contributed by atoms with E-state index in [0.29, 0.717) is 25.3 Å². The van der Waals surface area contributed by atoms with Crippen molar-refractivity contribution < 1.29 is 29.0 Å². The number of benzene rings is 1. The van der Waals surface area contributed by atoms with E-state index in [1.54, 1.807) is 28.7 Å². The van der Waals surface area contributed by atoms with Crippen LogP contribution in [0.4, 0.5) is 5.69 Å². The van der Waals surface area contributed by atoms with Crippen LogP contribution in [0.1, 0.15) is 25.7 Å². The molecule has 4 heterocycles. The molecule has 2 fully saturated rings. The monoisotopic (exact) mass is 512 g/mol. The smallest absolute Gasteiger partial charge is 0.311 e. The molecule has 2 amide bonds. The van der Waals surface area contributed by atoms with Crippen LogP contribution < -0.4 is 9.64 Å². The van der Waals surface area contributed by atoms with E-state index in [4.69, 9.17) is 14.6 Å². The van der Waals surface area contributed by atoms with Crippen LogP contribution in [0.3, 0.4) is 0 Å². The highest BCUT2D eigenvalue weighted by Gasteiger charge is 2.71. The van der Waals surface area contributed by atoms with Crippen LogP contribution in [0.2, 0.25) is 0 Å². The zero-order chi connectivity index (χ0) is 25.3. The van der Waals surface area contributed by atoms with E-state index in [9.17, 15) is 14.4 Å². The maximum atomic E-state index is 14.2. The van der Waals surface area contributed by atoms with Crippen molar-refractivity contribution in [2.45, 2.75) is 41.7 Å². The predicted octanol–water partition coefficient (Wildman–Crippen LogP) is 2.56. The first kappa shape index (κ1) is 24.9. The number of aliphatic hydroxyl groups is 1. The number of rotatable bonds is 8. The number of cyclic esters (lactones) is 1. The summed E-state index contributed by atoms with van der Waals surface area (Å²) < 4.78 is 9.85. The molecule has 36 heavy (non-hydrogen) atoms. The minimum absolute atomic E-state index is 0.141. The van der Waals surface area contributed by atoms with Gasteiger partial charge in [0.2, 0.25) is 5.91 Å². The molecule has 4 aliphatic rings. The van der Waals surface area contributed by atoms with Crippen LogP contribution in [-0.4, -0.2) is 77.2 Å². The van der Waals surface area contributed by atoms with Gasteiger partial charge in [0.05, 0.1) is 23.7 Å². The number of carbonyl (C=O) groups excluding carboxylic acids is 3. The molecule has 1 unspecified atom stereocenters. The maximum Gasteiger partial charge on any atom is 0.311 e. The summed E-state index contributed by atoms with van der Waals surface area (Å²) in [6, 6.07) is 6.62. The Morgan fingerprint density at radius 1 is 1.08 bits per heavy atom. The van der Waals surface area contributed by atoms with E-state index in [2.05, 4.69) is 0 Å². The quantitative estimate of drug-likeness (QED) is 0.325. The second-order valence-electron chi connectivity index (χ2n) is 9.62. The molecule has 1 aromatic rings. The first-order chi connectivity index (χ1) is 17.5. The van der Waals surface area contributed by atoms with Crippen LogP contribution >= 0.6 is 11.8 Å². The average Bonchev–Trinajstić information content (AvgIpc) is 3.18. The summed E-state index contributed by atoms with van der Waals surface area (Å²) in [5.41, 5.74) is 0.734. The standard InChI is InChI=1S/C27H32N2O6S/c1-34-19-11-9-18(10-12-19)28-15-7-13-27-22(21-20(36-27)8-6-17-35-26(21)33)24(31)29(23(27)25(28)32)14-4-2-3-5-16-30/h6-13,20-23,30H,2-5,14-17H2,1H3/t20-,21+,22-,23?,27-/m0/s1. The predicted molar refractivity (Wildman–Crippen MR) is 137 cm³/mol. The SMILES string of the molecule is COc1ccc(N2CC=C[C@]34S[C@H]5C=CCOC(=O)[C@H]5[C@H]3C(=O)N(CCCCCCO)C4C2=O)cc1. The first-order valence-electron chi connectivity index (χ1n) is 12.6. The number of hydrogen-bond donors (Lipinski definition) is 1. The van der Waals surface area contributed by atoms with Crippen molar-refractivity contribution in [3.05, 3.63) is 48.6 Å². The summed E-state index contributed by atoms with van der Waals surface area (Å²) in [6.45, 7) is 1.17. The van der Waals surface area contributed by atoms with E-state index in [0.717, 1.165) is 24.9 Å². The highest BCUT2D eigenvalue weighted by molar-refractivity contribution is 8.02. The van der Waals surface area contributed by atoms with Gasteiger partial charge in [0.1, 0.15) is 18.4 Å². The van der Waals surface area contributed by atoms with Crippen molar-refractivity contribution in [1.82, 2.24) is 4.90 Å². The number of fused-ring (bicyclic) bond motifs is 2. The van der Waals surface area contributed by atoms with Gasteiger partial charge in [-0.15, -0.1) is 11.8 Å². The fourth-order valence-corrected chi connectivity index (χ4v) is 7.95. The molecular formula is C27H32N2O6S. The molecular weight excluding hydrogens is 480 g/mol. The molecule has 0 aliphatic carbocycles. The fraction of sp³-hybridized carbons (Fsp3) is 0.519. The number of nitrogens with zero attached hydrogens (tertiary/aromatic N) is 2. The topological polar surface area (TPSA) is 96.4 Å². The van der Waals surface area contributed by atoms with Crippen molar-refractivity contribution in [2.75, 3.05) is 38.3 Å². The van der Waals surface area contributed by atoms with E-state index < -0.39 is 22.6 Å². The van der Waals surface area contributed by atoms with Crippen molar-refractivity contribution in [3.8, 4) is 5.75 Å². The summed E-state index contributed by atoms with van der Waals surface area (Å²) in [5.74, 6) is -1.23. The number of likely N-dealkylation sites (tertiary alicyclic amines) is 1. The number of carbonyl (C=O) groups is 3. The molecule has 1 N–H and O–H groups in total. The Morgan fingerprint density at radius 2 is 1.86 bits per heavy atom. The normalized spacial score (nSPS) is 31.0. The van der Waals surface area contributed by atoms with Gasteiger partial charge >= 0.3 is 5.97 Å². The second kappa shape index (κ2) is 10.3. The summed E-state index contributed by atoms with van der Waals surface area (Å²) in [4.78, 5) is 44.7. The van der Waals surface area contributed by atoms with Crippen LogP contribution in [0.15, 0.2) is 48.6 Å². The Kier molecular flexibility index (Phi) is 7.12. The van der Waals surface area contributed by atoms with Gasteiger partial charge in [-0.05, 0) is 37.1 Å². The molecule has 4 aliphatic heterocycles. The Morgan fingerprint density at radius 3 is 2.61 bits per heavy atom. The Hall–Kier alpha value is -2.78. The molecule has 9 heteroatoms. The van der Waals surface area contributed by atoms with Gasteiger partial charge < -0.3 is 24.4 Å². The molecule has 0 saturated carbocycles. The number of methoxy groups -OCH3 is 1. The number of hydrogen-bond acceptors (Lipinski definition) is 7. The lowest BCUT2D eigenvalue weighted by Crippen LogP contribution is -2.53. The molecule has 2 saturated heterocycles. The lowest BCUT2D eigenvalue weighted by atomic mass is 9.78. The lowest BCUT2D eigenvalue weighted by Gasteiger charge is -2.35. The Labute approximate surface area is 215 Å². The number of ether oxygens (including phenoxy) is 2. The third-order valence-corrected chi connectivity index (χ3v) is 9.35. The van der Waals surface area contributed by atoms with Crippen molar-refractivity contribution >= 4 is 35.2 Å². The van der Waals surface area contributed by atoms with Crippen molar-refractivity contribution in [2.24, 2.45) is 11.8 Å². The Balaban J connectivity index is 1.51. The molecule has 0 radical (unpaired) electrons. The van der Waals surface area contributed by atoms with Crippen molar-refractivity contribution in [1.29, 1.82) is 0 Å². The summed E-state index contributed by atoms with van der Waals surface area (Å²) >= 11 is 1.55. The third-order valence-electron chi connectivity index (χ3n) is 7.60. The zero-order valence-corrected chi connectivity index (χ0v) is 21.2. The number of amides is 2. The molecule has 0 aromatic heterocycles. The molecule has 8 nitrogen and oxygen atoms in total. The van der Waals surface area contributed by atoms with Gasteiger partial charge in [-0.25, -0.2) is 0 Å². The van der Waals surface area contributed by atoms with Gasteiger partial charge in [0.25, 0.3) is 5.91 Å². The van der Waals surface area contributed by atoms with Crippen LogP contribution in [0.25, 0.3) is 0 Å². The van der Waals surface area contributed by atoms with Gasteiger partial charge in [0.15, 0.2) is 0 Å². The van der Waals surface area contributed by atoms with Gasteiger partial charge in [-0.1, -0.05) is 37.1 Å². The minimum Gasteiger partial charge on any atom is -0.497 e. The molecule has 5 rings (SSSR count). The number of unbranched alkanes of at least 4 members (excludes halogenated alkanes) is 3. The van der Waals surface area contributed by atoms with Gasteiger partial charge in [-0.3, -0.25) is 14.4 Å². The Bertz CT molecular complexity index is 1070. The van der Waals surface area contributed by atoms with Gasteiger partial charge in [0, 0.05) is 30.6 Å². The van der Waals surface area contributed by atoms with Crippen LogP contribution in [-0.2, 0) is 19.1 Å². The third kappa shape index (κ3) is 4.12. The van der Waals surface area contributed by atoms with Crippen LogP contribution in [0, 0.1) is 11.8 Å². The minimum atomic E-state index is -0.837. The molecule has 0 bridgehead atoms. The first-order valence-corrected chi connectivity index (χ1v) is 13.5. The second-order valence-corrected chi connectivity index (χ2v) is 11.1. The van der Waals surface area contributed by atoms with E-state index in [1.165, 1.54) is 0 Å². The lowest BCUT2D eigenvalue weighted by molar-refractivity contribution is -0.151.